The summed E-state index contributed by atoms with van der Waals surface area (Å²) in [5, 5.41) is 3.14. The molecule has 2 atom stereocenters. The van der Waals surface area contributed by atoms with Crippen molar-refractivity contribution >= 4 is 0 Å². The molecule has 0 radical (unpaired) electrons. The van der Waals surface area contributed by atoms with Crippen molar-refractivity contribution < 1.29 is 0 Å². The Morgan fingerprint density at radius 1 is 1.62 bits per heavy atom. The highest BCUT2D eigenvalue weighted by Gasteiger charge is 2.14. The summed E-state index contributed by atoms with van der Waals surface area (Å²) in [4.78, 5) is 0. The fraction of sp³-hybridized carbons (Fsp3) is 0.714. The average Bonchev–Trinajstić information content (AvgIpc) is 2.14. The van der Waals surface area contributed by atoms with E-state index < -0.39 is 0 Å². The van der Waals surface area contributed by atoms with Gasteiger partial charge in [-0.05, 0) is 13.0 Å². The molecule has 0 saturated carbocycles. The van der Waals surface area contributed by atoms with Gasteiger partial charge < -0.3 is 5.32 Å². The zero-order chi connectivity index (χ0) is 5.98. The third-order valence-electron chi connectivity index (χ3n) is 1.56. The molecule has 0 amide bonds. The Morgan fingerprint density at radius 3 is 2.62 bits per heavy atom. The van der Waals surface area contributed by atoms with Crippen LogP contribution in [0.15, 0.2) is 0 Å². The van der Waals surface area contributed by atoms with Gasteiger partial charge in [-0.15, -0.1) is 5.92 Å². The minimum atomic E-state index is 0.454. The third-order valence-corrected chi connectivity index (χ3v) is 1.56. The lowest BCUT2D eigenvalue weighted by atomic mass is 10.1. The van der Waals surface area contributed by atoms with E-state index >= 15 is 0 Å². The number of nitrogens with one attached hydrogen (secondary N) is 1. The minimum Gasteiger partial charge on any atom is -0.307 e. The van der Waals surface area contributed by atoms with Crippen LogP contribution in [0.4, 0.5) is 0 Å². The number of rotatable bonds is 1. The molecule has 1 aliphatic rings. The molecule has 0 heterocycles. The maximum atomic E-state index is 3.14. The van der Waals surface area contributed by atoms with Crippen LogP contribution in [-0.2, 0) is 0 Å². The predicted octanol–water partition coefficient (Wildman–Crippen LogP) is 0.618. The Hall–Kier alpha value is -0.480. The first-order valence-corrected chi connectivity index (χ1v) is 3.00. The van der Waals surface area contributed by atoms with Crippen molar-refractivity contribution in [2.45, 2.75) is 19.4 Å². The van der Waals surface area contributed by atoms with Crippen LogP contribution in [-0.4, -0.2) is 13.1 Å². The topological polar surface area (TPSA) is 12.0 Å². The standard InChI is InChI=1S/C7H11N/c1-6-4-3-5-7(6)8-2/h6-8H,4H2,1-2H3. The molecular weight excluding hydrogens is 98.1 g/mol. The molecule has 1 rings (SSSR count). The Bertz CT molecular complexity index is 129. The Balaban J connectivity index is 2.45. The normalized spacial score (nSPS) is 34.2. The molecule has 1 nitrogen and oxygen atoms in total. The Kier molecular flexibility index (Phi) is 1.55. The Labute approximate surface area is 50.5 Å². The lowest BCUT2D eigenvalue weighted by Gasteiger charge is -2.09. The lowest BCUT2D eigenvalue weighted by molar-refractivity contribution is 0.501. The Morgan fingerprint density at radius 2 is 2.38 bits per heavy atom. The molecule has 0 bridgehead atoms. The van der Waals surface area contributed by atoms with Crippen molar-refractivity contribution in [2.75, 3.05) is 7.05 Å². The van der Waals surface area contributed by atoms with Gasteiger partial charge >= 0.3 is 0 Å². The second-order valence-electron chi connectivity index (χ2n) is 2.27. The van der Waals surface area contributed by atoms with Crippen molar-refractivity contribution in [2.24, 2.45) is 5.92 Å². The zero-order valence-electron chi connectivity index (χ0n) is 5.36. The molecule has 1 heteroatoms. The fourth-order valence-corrected chi connectivity index (χ4v) is 0.947. The molecule has 0 aromatic heterocycles. The fourth-order valence-electron chi connectivity index (χ4n) is 0.947. The molecule has 0 saturated heterocycles. The largest absolute Gasteiger partial charge is 0.307 e. The summed E-state index contributed by atoms with van der Waals surface area (Å²) < 4.78 is 0. The van der Waals surface area contributed by atoms with E-state index in [1.54, 1.807) is 0 Å². The molecule has 2 unspecified atom stereocenters. The summed E-state index contributed by atoms with van der Waals surface area (Å²) >= 11 is 0. The second-order valence-corrected chi connectivity index (χ2v) is 2.27. The molecule has 8 heavy (non-hydrogen) atoms. The summed E-state index contributed by atoms with van der Waals surface area (Å²) in [7, 11) is 1.96. The van der Waals surface area contributed by atoms with Gasteiger partial charge in [0.25, 0.3) is 0 Å². The van der Waals surface area contributed by atoms with E-state index in [1.807, 2.05) is 7.05 Å². The van der Waals surface area contributed by atoms with E-state index in [-0.39, 0.29) is 0 Å². The summed E-state index contributed by atoms with van der Waals surface area (Å²) in [5.74, 6) is 6.85. The second kappa shape index (κ2) is 2.19. The maximum Gasteiger partial charge on any atom is 0.0722 e. The molecule has 0 aromatic rings. The van der Waals surface area contributed by atoms with E-state index in [9.17, 15) is 0 Å². The zero-order valence-corrected chi connectivity index (χ0v) is 5.36. The van der Waals surface area contributed by atoms with Crippen LogP contribution in [0.2, 0.25) is 0 Å². The quantitative estimate of drug-likeness (QED) is 0.487. The molecule has 0 spiro atoms. The van der Waals surface area contributed by atoms with E-state index in [4.69, 9.17) is 0 Å². The minimum absolute atomic E-state index is 0.454. The van der Waals surface area contributed by atoms with Crippen LogP contribution in [0.3, 0.4) is 0 Å². The predicted molar refractivity (Wildman–Crippen MR) is 34.4 cm³/mol. The summed E-state index contributed by atoms with van der Waals surface area (Å²) in [5.41, 5.74) is 0. The summed E-state index contributed by atoms with van der Waals surface area (Å²) in [6, 6.07) is 0.454. The van der Waals surface area contributed by atoms with E-state index in [1.165, 1.54) is 0 Å². The third kappa shape index (κ3) is 0.850. The van der Waals surface area contributed by atoms with Crippen molar-refractivity contribution in [1.82, 2.24) is 5.32 Å². The van der Waals surface area contributed by atoms with Gasteiger partial charge in [0.2, 0.25) is 0 Å². The lowest BCUT2D eigenvalue weighted by Crippen LogP contribution is -2.27. The SMILES string of the molecule is CNC1C#CCC1C. The number of hydrogen-bond donors (Lipinski definition) is 1. The highest BCUT2D eigenvalue weighted by Crippen LogP contribution is 2.10. The molecule has 1 N–H and O–H groups in total. The molecule has 0 fully saturated rings. The van der Waals surface area contributed by atoms with Crippen LogP contribution < -0.4 is 5.32 Å². The highest BCUT2D eigenvalue weighted by molar-refractivity contribution is 5.16. The molecule has 0 aliphatic heterocycles. The highest BCUT2D eigenvalue weighted by atomic mass is 14.9. The van der Waals surface area contributed by atoms with Gasteiger partial charge in [0.15, 0.2) is 0 Å². The molecule has 0 aromatic carbocycles. The molecular formula is C7H11N. The van der Waals surface area contributed by atoms with Crippen LogP contribution in [0.25, 0.3) is 0 Å². The van der Waals surface area contributed by atoms with Gasteiger partial charge in [0.05, 0.1) is 6.04 Å². The van der Waals surface area contributed by atoms with E-state index in [0.29, 0.717) is 12.0 Å². The van der Waals surface area contributed by atoms with Crippen molar-refractivity contribution in [3.05, 3.63) is 0 Å². The van der Waals surface area contributed by atoms with Gasteiger partial charge in [-0.1, -0.05) is 12.8 Å². The van der Waals surface area contributed by atoms with Gasteiger partial charge in [0.1, 0.15) is 0 Å². The molecule has 1 aliphatic carbocycles. The van der Waals surface area contributed by atoms with Gasteiger partial charge in [-0.2, -0.15) is 0 Å². The summed E-state index contributed by atoms with van der Waals surface area (Å²) in [6.45, 7) is 2.20. The van der Waals surface area contributed by atoms with Crippen molar-refractivity contribution in [3.8, 4) is 11.8 Å². The number of hydrogen-bond acceptors (Lipinski definition) is 1. The first-order chi connectivity index (χ1) is 3.84. The van der Waals surface area contributed by atoms with Crippen LogP contribution in [0, 0.1) is 17.8 Å². The van der Waals surface area contributed by atoms with Gasteiger partial charge in [-0.25, -0.2) is 0 Å². The average molecular weight is 109 g/mol. The van der Waals surface area contributed by atoms with E-state index in [0.717, 1.165) is 6.42 Å². The van der Waals surface area contributed by atoms with Crippen molar-refractivity contribution in [3.63, 3.8) is 0 Å². The first-order valence-electron chi connectivity index (χ1n) is 3.00. The first kappa shape index (κ1) is 5.65. The van der Waals surface area contributed by atoms with E-state index in [2.05, 4.69) is 24.1 Å². The monoisotopic (exact) mass is 109 g/mol. The van der Waals surface area contributed by atoms with Crippen LogP contribution >= 0.6 is 0 Å². The maximum absolute atomic E-state index is 3.14. The van der Waals surface area contributed by atoms with Crippen LogP contribution in [0.5, 0.6) is 0 Å². The summed E-state index contributed by atoms with van der Waals surface area (Å²) in [6.07, 6.45) is 1.06. The van der Waals surface area contributed by atoms with Gasteiger partial charge in [0, 0.05) is 6.42 Å². The van der Waals surface area contributed by atoms with Gasteiger partial charge in [-0.3, -0.25) is 0 Å². The molecule has 44 valence electrons. The van der Waals surface area contributed by atoms with Crippen LogP contribution in [0.1, 0.15) is 13.3 Å². The smallest absolute Gasteiger partial charge is 0.0722 e. The van der Waals surface area contributed by atoms with Crippen molar-refractivity contribution in [1.29, 1.82) is 0 Å².